The number of ether oxygens (including phenoxy) is 3. The molecular formula is C48H48FN5O9. The standard InChI is InChI=1S/C48H48FN5O9/c1-6-48(60)34-19-38-42-31(21-54(38)43(56)33(34)24-61-44(48)57)41-36(16-15-26-25(2)35(49)20-37(52-42)40(26)41)51-39(55)22-53(18-17-50-45(58)63-47(3,4)5)46(59)62-23-32-29-13-9-7-11-27(29)28-12-8-10-14-30(28)32/h7-14,19-20,32,36,60H,6,15-18,21-24H2,1-5H3,(H,50,58)(H,51,55)/t36-,48-/m0/s1. The fourth-order valence-electron chi connectivity index (χ4n) is 9.64. The molecular weight excluding hydrogens is 810 g/mol. The van der Waals surface area contributed by atoms with E-state index in [2.05, 4.69) is 10.6 Å². The third-order valence-electron chi connectivity index (χ3n) is 12.7. The summed E-state index contributed by atoms with van der Waals surface area (Å²) in [6, 6.07) is 18.2. The zero-order valence-corrected chi connectivity index (χ0v) is 35.7. The minimum Gasteiger partial charge on any atom is -0.458 e. The average molecular weight is 858 g/mol. The van der Waals surface area contributed by atoms with E-state index in [4.69, 9.17) is 19.2 Å². The molecule has 0 radical (unpaired) electrons. The van der Waals surface area contributed by atoms with Gasteiger partial charge >= 0.3 is 18.2 Å². The Labute approximate surface area is 362 Å². The summed E-state index contributed by atoms with van der Waals surface area (Å²) in [7, 11) is 0. The van der Waals surface area contributed by atoms with E-state index >= 15 is 4.39 Å². The molecule has 5 aromatic rings. The number of alkyl carbamates (subject to hydrolysis) is 1. The number of aromatic nitrogens is 2. The molecule has 4 heterocycles. The van der Waals surface area contributed by atoms with Crippen molar-refractivity contribution in [3.05, 3.63) is 121 Å². The summed E-state index contributed by atoms with van der Waals surface area (Å²) in [6.45, 7) is 7.78. The van der Waals surface area contributed by atoms with Crippen molar-refractivity contribution in [3.8, 4) is 22.5 Å². The van der Waals surface area contributed by atoms with Gasteiger partial charge in [-0.05, 0) is 92.0 Å². The minimum absolute atomic E-state index is 0.0141. The number of carbonyl (C=O) groups excluding carboxylic acids is 4. The number of hydrogen-bond acceptors (Lipinski definition) is 10. The van der Waals surface area contributed by atoms with Gasteiger partial charge in [0.25, 0.3) is 5.56 Å². The molecule has 0 unspecified atom stereocenters. The van der Waals surface area contributed by atoms with Crippen molar-refractivity contribution < 1.29 is 42.9 Å². The van der Waals surface area contributed by atoms with E-state index in [1.54, 1.807) is 40.7 Å². The molecule has 3 amide bonds. The molecule has 2 aliphatic carbocycles. The maximum absolute atomic E-state index is 15.5. The molecule has 4 aliphatic rings. The summed E-state index contributed by atoms with van der Waals surface area (Å²) in [5.41, 5.74) is 4.83. The Morgan fingerprint density at radius 3 is 2.41 bits per heavy atom. The van der Waals surface area contributed by atoms with Crippen molar-refractivity contribution in [3.63, 3.8) is 0 Å². The number of pyridine rings is 2. The first-order valence-electron chi connectivity index (χ1n) is 21.3. The van der Waals surface area contributed by atoms with Crippen LogP contribution in [0.3, 0.4) is 0 Å². The lowest BCUT2D eigenvalue weighted by atomic mass is 9.81. The van der Waals surface area contributed by atoms with Crippen molar-refractivity contribution in [1.82, 2.24) is 25.1 Å². The number of amides is 3. The van der Waals surface area contributed by atoms with Gasteiger partial charge in [0, 0.05) is 41.6 Å². The molecule has 9 rings (SSSR count). The van der Waals surface area contributed by atoms with E-state index in [0.717, 1.165) is 27.8 Å². The number of aliphatic hydroxyl groups is 1. The summed E-state index contributed by atoms with van der Waals surface area (Å²) >= 11 is 0. The van der Waals surface area contributed by atoms with Gasteiger partial charge in [-0.3, -0.25) is 14.5 Å². The number of carbonyl (C=O) groups is 4. The van der Waals surface area contributed by atoms with E-state index in [0.29, 0.717) is 51.8 Å². The van der Waals surface area contributed by atoms with Crippen molar-refractivity contribution >= 4 is 35.0 Å². The maximum Gasteiger partial charge on any atom is 0.410 e. The summed E-state index contributed by atoms with van der Waals surface area (Å²) in [5, 5.41) is 17.9. The van der Waals surface area contributed by atoms with Gasteiger partial charge in [0.15, 0.2) is 5.60 Å². The minimum atomic E-state index is -2.04. The smallest absolute Gasteiger partial charge is 0.410 e. The third kappa shape index (κ3) is 7.17. The Kier molecular flexibility index (Phi) is 10.4. The van der Waals surface area contributed by atoms with Gasteiger partial charge in [0.1, 0.15) is 31.2 Å². The SMILES string of the molecule is CC[C@@]1(O)C(=O)OCc2c1cc1n(c2=O)Cc2c-1nc1cc(F)c(C)c3c1c2[C@@H](NC(=O)CN(CCNC(=O)OC(C)(C)C)C(=O)OCC1c2ccccc2-c2ccccc21)CC3. The molecule has 0 spiro atoms. The normalized spacial score (nSPS) is 18.1. The zero-order valence-electron chi connectivity index (χ0n) is 35.7. The molecule has 14 nitrogen and oxygen atoms in total. The van der Waals surface area contributed by atoms with Crippen LogP contribution in [0.2, 0.25) is 0 Å². The predicted octanol–water partition coefficient (Wildman–Crippen LogP) is 6.41. The van der Waals surface area contributed by atoms with Gasteiger partial charge in [0.2, 0.25) is 5.91 Å². The van der Waals surface area contributed by atoms with Crippen molar-refractivity contribution in [2.45, 2.75) is 90.2 Å². The maximum atomic E-state index is 15.5. The lowest BCUT2D eigenvalue weighted by Gasteiger charge is -2.31. The predicted molar refractivity (Wildman–Crippen MR) is 229 cm³/mol. The second kappa shape index (κ2) is 15.6. The molecule has 3 aromatic carbocycles. The molecule has 0 bridgehead atoms. The first-order chi connectivity index (χ1) is 30.1. The lowest BCUT2D eigenvalue weighted by molar-refractivity contribution is -0.172. The van der Waals surface area contributed by atoms with Crippen LogP contribution in [0.5, 0.6) is 0 Å². The van der Waals surface area contributed by atoms with E-state index < -0.39 is 59.2 Å². The molecule has 0 fully saturated rings. The van der Waals surface area contributed by atoms with Crippen LogP contribution in [-0.4, -0.2) is 75.5 Å². The highest BCUT2D eigenvalue weighted by Crippen LogP contribution is 2.47. The molecule has 2 aromatic heterocycles. The summed E-state index contributed by atoms with van der Waals surface area (Å²) in [5.74, 6) is -2.03. The van der Waals surface area contributed by atoms with Gasteiger partial charge in [-0.1, -0.05) is 55.5 Å². The highest BCUT2D eigenvalue weighted by Gasteiger charge is 2.46. The Morgan fingerprint density at radius 1 is 1.03 bits per heavy atom. The van der Waals surface area contributed by atoms with Crippen LogP contribution in [-0.2, 0) is 49.0 Å². The number of halogens is 1. The Bertz CT molecular complexity index is 2790. The number of nitrogens with one attached hydrogen (secondary N) is 2. The molecule has 2 aliphatic heterocycles. The quantitative estimate of drug-likeness (QED) is 0.109. The van der Waals surface area contributed by atoms with E-state index in [9.17, 15) is 29.1 Å². The number of nitrogens with zero attached hydrogens (tertiary/aromatic N) is 3. The number of esters is 1. The molecule has 3 N–H and O–H groups in total. The van der Waals surface area contributed by atoms with Crippen molar-refractivity contribution in [1.29, 1.82) is 0 Å². The number of rotatable bonds is 9. The fourth-order valence-corrected chi connectivity index (χ4v) is 9.64. The van der Waals surface area contributed by atoms with Gasteiger partial charge in [0.05, 0.1) is 35.1 Å². The second-order valence-corrected chi connectivity index (χ2v) is 17.6. The number of hydrogen-bond donors (Lipinski definition) is 3. The highest BCUT2D eigenvalue weighted by molar-refractivity contribution is 5.94. The third-order valence-corrected chi connectivity index (χ3v) is 12.7. The Balaban J connectivity index is 1.02. The van der Waals surface area contributed by atoms with Gasteiger partial charge in [-0.15, -0.1) is 0 Å². The molecule has 326 valence electrons. The van der Waals surface area contributed by atoms with Gasteiger partial charge in [-0.2, -0.15) is 0 Å². The zero-order chi connectivity index (χ0) is 44.5. The van der Waals surface area contributed by atoms with Crippen LogP contribution in [0.1, 0.15) is 97.0 Å². The largest absolute Gasteiger partial charge is 0.458 e. The molecule has 63 heavy (non-hydrogen) atoms. The first kappa shape index (κ1) is 41.7. The number of aryl methyl sites for hydroxylation is 1. The Hall–Kier alpha value is -6.61. The highest BCUT2D eigenvalue weighted by atomic mass is 19.1. The average Bonchev–Trinajstić information content (AvgIpc) is 3.78. The number of fused-ring (bicyclic) bond motifs is 8. The number of cyclic esters (lactones) is 1. The van der Waals surface area contributed by atoms with Crippen LogP contribution >= 0.6 is 0 Å². The monoisotopic (exact) mass is 857 g/mol. The molecule has 2 atom stereocenters. The molecule has 0 saturated carbocycles. The Morgan fingerprint density at radius 2 is 1.73 bits per heavy atom. The van der Waals surface area contributed by atoms with E-state index in [1.807, 2.05) is 48.5 Å². The summed E-state index contributed by atoms with van der Waals surface area (Å²) < 4.78 is 33.6. The topological polar surface area (TPSA) is 178 Å². The molecule has 0 saturated heterocycles. The fraction of sp³-hybridized carbons (Fsp3) is 0.375. The van der Waals surface area contributed by atoms with Crippen molar-refractivity contribution in [2.75, 3.05) is 26.2 Å². The van der Waals surface area contributed by atoms with Crippen LogP contribution in [0.25, 0.3) is 33.4 Å². The van der Waals surface area contributed by atoms with Crippen LogP contribution < -0.4 is 16.2 Å². The van der Waals surface area contributed by atoms with Gasteiger partial charge in [-0.25, -0.2) is 23.8 Å². The molecule has 15 heteroatoms. The number of benzene rings is 3. The summed E-state index contributed by atoms with van der Waals surface area (Å²) in [4.78, 5) is 73.9. The van der Waals surface area contributed by atoms with Crippen LogP contribution in [0.4, 0.5) is 14.0 Å². The summed E-state index contributed by atoms with van der Waals surface area (Å²) in [6.07, 6.45) is -0.671. The lowest BCUT2D eigenvalue weighted by Crippen LogP contribution is -2.46. The second-order valence-electron chi connectivity index (χ2n) is 17.6. The van der Waals surface area contributed by atoms with Crippen LogP contribution in [0.15, 0.2) is 65.5 Å². The van der Waals surface area contributed by atoms with Crippen molar-refractivity contribution in [2.24, 2.45) is 0 Å². The van der Waals surface area contributed by atoms with Crippen LogP contribution in [0, 0.1) is 12.7 Å². The van der Waals surface area contributed by atoms with E-state index in [1.165, 1.54) is 15.5 Å². The first-order valence-corrected chi connectivity index (χ1v) is 21.3. The van der Waals surface area contributed by atoms with Gasteiger partial charge < -0.3 is 34.5 Å². The van der Waals surface area contributed by atoms with E-state index in [-0.39, 0.29) is 56.3 Å².